The summed E-state index contributed by atoms with van der Waals surface area (Å²) in [6.07, 6.45) is 1.44. The molecule has 0 aliphatic carbocycles. The molecule has 5 heteroatoms. The summed E-state index contributed by atoms with van der Waals surface area (Å²) in [6, 6.07) is 41.3. The highest BCUT2D eigenvalue weighted by Crippen LogP contribution is 2.29. The number of rotatable bonds is 16. The average molecular weight is 566 g/mol. The molecule has 4 aromatic rings. The molecule has 0 radical (unpaired) electrons. The molecule has 0 aromatic heterocycles. The average Bonchev–Trinajstić information content (AvgIpc) is 3.39. The summed E-state index contributed by atoms with van der Waals surface area (Å²) in [4.78, 5) is 0. The molecule has 0 unspecified atom stereocenters. The van der Waals surface area contributed by atoms with E-state index in [0.29, 0.717) is 33.0 Å². The number of hydrogen-bond donors (Lipinski definition) is 1. The molecule has 0 bridgehead atoms. The van der Waals surface area contributed by atoms with Crippen molar-refractivity contribution in [2.75, 3.05) is 6.61 Å². The lowest BCUT2D eigenvalue weighted by atomic mass is 10.0. The van der Waals surface area contributed by atoms with Gasteiger partial charge in [-0.3, -0.25) is 0 Å². The van der Waals surface area contributed by atoms with E-state index in [1.807, 2.05) is 48.5 Å². The molecule has 1 aliphatic heterocycles. The van der Waals surface area contributed by atoms with Crippen molar-refractivity contribution in [3.63, 3.8) is 0 Å². The minimum Gasteiger partial charge on any atom is -0.374 e. The van der Waals surface area contributed by atoms with Crippen LogP contribution in [0.15, 0.2) is 121 Å². The lowest BCUT2D eigenvalue weighted by Crippen LogP contribution is -2.48. The molecule has 0 spiro atoms. The maximum absolute atomic E-state index is 6.75. The maximum Gasteiger partial charge on any atom is 0.104 e. The van der Waals surface area contributed by atoms with Crippen LogP contribution in [0, 0.1) is 0 Å². The first kappa shape index (κ1) is 30.1. The molecule has 1 saturated heterocycles. The molecule has 5 rings (SSSR count). The van der Waals surface area contributed by atoms with Crippen LogP contribution in [0.2, 0.25) is 0 Å². The number of ether oxygens (including phenoxy) is 4. The van der Waals surface area contributed by atoms with Gasteiger partial charge in [-0.2, -0.15) is 0 Å². The van der Waals surface area contributed by atoms with E-state index in [4.69, 9.17) is 18.9 Å². The highest BCUT2D eigenvalue weighted by molar-refractivity contribution is 5.17. The third kappa shape index (κ3) is 8.84. The first-order valence-electron chi connectivity index (χ1n) is 15.1. The predicted octanol–water partition coefficient (Wildman–Crippen LogP) is 7.10. The smallest absolute Gasteiger partial charge is 0.104 e. The molecular weight excluding hydrogens is 522 g/mol. The van der Waals surface area contributed by atoms with Crippen molar-refractivity contribution in [2.45, 2.75) is 76.6 Å². The Labute approximate surface area is 250 Å². The summed E-state index contributed by atoms with van der Waals surface area (Å²) in [5, 5.41) is 3.89. The van der Waals surface area contributed by atoms with Crippen LogP contribution in [0.3, 0.4) is 0 Å². The summed E-state index contributed by atoms with van der Waals surface area (Å²) in [5.74, 6) is 0. The summed E-state index contributed by atoms with van der Waals surface area (Å²) in [5.41, 5.74) is 4.57. The fraction of sp³-hybridized carbons (Fsp3) is 0.351. The van der Waals surface area contributed by atoms with Crippen LogP contribution < -0.4 is 5.32 Å². The minimum atomic E-state index is -0.237. The fourth-order valence-corrected chi connectivity index (χ4v) is 5.59. The molecule has 1 heterocycles. The van der Waals surface area contributed by atoms with E-state index in [2.05, 4.69) is 85.0 Å². The molecule has 1 aliphatic rings. The Hall–Kier alpha value is -3.32. The second kappa shape index (κ2) is 16.4. The van der Waals surface area contributed by atoms with Crippen LogP contribution in [-0.4, -0.2) is 37.0 Å². The molecular formula is C37H43NO4. The van der Waals surface area contributed by atoms with Gasteiger partial charge in [0, 0.05) is 6.04 Å². The van der Waals surface area contributed by atoms with Gasteiger partial charge in [0.25, 0.3) is 0 Å². The quantitative estimate of drug-likeness (QED) is 0.157. The topological polar surface area (TPSA) is 49.0 Å². The molecule has 5 nitrogen and oxygen atoms in total. The van der Waals surface area contributed by atoms with Gasteiger partial charge < -0.3 is 24.3 Å². The van der Waals surface area contributed by atoms with Crippen molar-refractivity contribution in [2.24, 2.45) is 0 Å². The molecule has 220 valence electrons. The zero-order valence-electron chi connectivity index (χ0n) is 24.5. The van der Waals surface area contributed by atoms with Crippen LogP contribution in [0.1, 0.15) is 42.0 Å². The molecule has 4 aromatic carbocycles. The van der Waals surface area contributed by atoms with E-state index in [1.165, 1.54) is 0 Å². The van der Waals surface area contributed by atoms with Gasteiger partial charge in [-0.1, -0.05) is 135 Å². The van der Waals surface area contributed by atoms with Crippen molar-refractivity contribution in [1.29, 1.82) is 0 Å². The third-order valence-corrected chi connectivity index (χ3v) is 7.75. The predicted molar refractivity (Wildman–Crippen MR) is 167 cm³/mol. The van der Waals surface area contributed by atoms with Crippen LogP contribution in [0.25, 0.3) is 0 Å². The van der Waals surface area contributed by atoms with E-state index in [1.54, 1.807) is 0 Å². The maximum atomic E-state index is 6.75. The molecule has 5 atom stereocenters. The van der Waals surface area contributed by atoms with Crippen molar-refractivity contribution >= 4 is 0 Å². The first-order valence-corrected chi connectivity index (χ1v) is 15.1. The van der Waals surface area contributed by atoms with Gasteiger partial charge in [-0.15, -0.1) is 0 Å². The van der Waals surface area contributed by atoms with Crippen LogP contribution in [0.4, 0.5) is 0 Å². The lowest BCUT2D eigenvalue weighted by molar-refractivity contribution is -0.111. The lowest BCUT2D eigenvalue weighted by Gasteiger charge is -2.31. The standard InChI is InChI=1S/C37H43NO4/c1-2-15-33-36(41-26-31-20-11-5-12-21-31)37(42-27-32-22-13-6-14-23-32)35(38-33)34(40-25-30-18-9-4-10-19-30)28-39-24-29-16-7-3-8-17-29/h3-14,16-23,33-38H,2,15,24-28H2,1H3/t33-,34-,35+,36+,37+/m1/s1. The largest absolute Gasteiger partial charge is 0.374 e. The van der Waals surface area contributed by atoms with Crippen molar-refractivity contribution < 1.29 is 18.9 Å². The van der Waals surface area contributed by atoms with Crippen LogP contribution in [-0.2, 0) is 45.4 Å². The van der Waals surface area contributed by atoms with E-state index in [0.717, 1.165) is 35.1 Å². The number of benzene rings is 4. The normalized spacial score (nSPS) is 20.9. The fourth-order valence-electron chi connectivity index (χ4n) is 5.59. The van der Waals surface area contributed by atoms with E-state index in [9.17, 15) is 0 Å². The van der Waals surface area contributed by atoms with Gasteiger partial charge in [0.05, 0.1) is 45.2 Å². The zero-order valence-corrected chi connectivity index (χ0v) is 24.5. The Bertz CT molecular complexity index is 1270. The first-order chi connectivity index (χ1) is 20.8. The summed E-state index contributed by atoms with van der Waals surface area (Å²) in [6.45, 7) is 4.72. The Balaban J connectivity index is 1.37. The molecule has 1 N–H and O–H groups in total. The van der Waals surface area contributed by atoms with E-state index in [-0.39, 0.29) is 30.4 Å². The molecule has 0 saturated carbocycles. The Morgan fingerprint density at radius 1 is 0.571 bits per heavy atom. The van der Waals surface area contributed by atoms with Gasteiger partial charge in [0.15, 0.2) is 0 Å². The summed E-state index contributed by atoms with van der Waals surface area (Å²) in [7, 11) is 0. The van der Waals surface area contributed by atoms with Gasteiger partial charge >= 0.3 is 0 Å². The second-order valence-electron chi connectivity index (χ2n) is 10.9. The third-order valence-electron chi connectivity index (χ3n) is 7.75. The number of nitrogens with one attached hydrogen (secondary N) is 1. The summed E-state index contributed by atoms with van der Waals surface area (Å²) < 4.78 is 26.4. The Kier molecular flexibility index (Phi) is 11.7. The van der Waals surface area contributed by atoms with E-state index >= 15 is 0 Å². The molecule has 0 amide bonds. The monoisotopic (exact) mass is 565 g/mol. The van der Waals surface area contributed by atoms with Crippen LogP contribution >= 0.6 is 0 Å². The SMILES string of the molecule is CCC[C@H]1N[C@@H]([C@@H](COCc2ccccc2)OCc2ccccc2)[C@H](OCc2ccccc2)[C@H]1OCc1ccccc1. The van der Waals surface area contributed by atoms with Crippen molar-refractivity contribution in [1.82, 2.24) is 5.32 Å². The minimum absolute atomic E-state index is 0.106. The molecule has 42 heavy (non-hydrogen) atoms. The Morgan fingerprint density at radius 3 is 1.52 bits per heavy atom. The van der Waals surface area contributed by atoms with Crippen LogP contribution in [0.5, 0.6) is 0 Å². The second-order valence-corrected chi connectivity index (χ2v) is 10.9. The van der Waals surface area contributed by atoms with Gasteiger partial charge in [0.2, 0.25) is 0 Å². The zero-order chi connectivity index (χ0) is 28.8. The number of hydrogen-bond acceptors (Lipinski definition) is 5. The summed E-state index contributed by atoms with van der Waals surface area (Å²) >= 11 is 0. The van der Waals surface area contributed by atoms with Crippen molar-refractivity contribution in [3.05, 3.63) is 144 Å². The van der Waals surface area contributed by atoms with Gasteiger partial charge in [0.1, 0.15) is 12.2 Å². The van der Waals surface area contributed by atoms with Crippen molar-refractivity contribution in [3.8, 4) is 0 Å². The van der Waals surface area contributed by atoms with Gasteiger partial charge in [-0.05, 0) is 28.7 Å². The molecule has 1 fully saturated rings. The van der Waals surface area contributed by atoms with Gasteiger partial charge in [-0.25, -0.2) is 0 Å². The highest BCUT2D eigenvalue weighted by Gasteiger charge is 2.48. The Morgan fingerprint density at radius 2 is 1.02 bits per heavy atom. The highest BCUT2D eigenvalue weighted by atomic mass is 16.6. The van der Waals surface area contributed by atoms with E-state index < -0.39 is 0 Å².